The summed E-state index contributed by atoms with van der Waals surface area (Å²) in [6.45, 7) is 5.35. The van der Waals surface area contributed by atoms with Gasteiger partial charge in [-0.05, 0) is 56.8 Å². The summed E-state index contributed by atoms with van der Waals surface area (Å²) in [5, 5.41) is 3.18. The van der Waals surface area contributed by atoms with Crippen molar-refractivity contribution in [3.63, 3.8) is 0 Å². The number of benzene rings is 1. The zero-order valence-corrected chi connectivity index (χ0v) is 18.5. The minimum atomic E-state index is -4.49. The van der Waals surface area contributed by atoms with E-state index in [2.05, 4.69) is 34.2 Å². The smallest absolute Gasteiger partial charge is 0.367 e. The molecule has 6 nitrogen and oxygen atoms in total. The molecule has 1 N–H and O–H groups in total. The van der Waals surface area contributed by atoms with Gasteiger partial charge in [-0.3, -0.25) is 14.8 Å². The average molecular weight is 450 g/mol. The fraction of sp³-hybridized carbons (Fsp3) is 0.609. The number of amides is 1. The molecule has 1 amide bonds. The summed E-state index contributed by atoms with van der Waals surface area (Å²) >= 11 is 0. The van der Waals surface area contributed by atoms with E-state index in [0.29, 0.717) is 31.1 Å². The van der Waals surface area contributed by atoms with Crippen molar-refractivity contribution in [1.29, 1.82) is 0 Å². The Morgan fingerprint density at radius 2 is 1.91 bits per heavy atom. The molecule has 0 spiro atoms. The number of likely N-dealkylation sites (tertiary alicyclic amines) is 1. The van der Waals surface area contributed by atoms with Crippen molar-refractivity contribution < 1.29 is 18.0 Å². The number of rotatable bonds is 4. The molecule has 1 unspecified atom stereocenters. The van der Waals surface area contributed by atoms with Crippen molar-refractivity contribution in [2.24, 2.45) is 11.8 Å². The first-order valence-electron chi connectivity index (χ1n) is 11.2. The van der Waals surface area contributed by atoms with E-state index < -0.39 is 11.7 Å². The van der Waals surface area contributed by atoms with Crippen molar-refractivity contribution in [3.8, 4) is 0 Å². The summed E-state index contributed by atoms with van der Waals surface area (Å²) in [6.07, 6.45) is 1.75. The molecular formula is C23H30F3N5O. The number of hydrogen-bond acceptors (Lipinski definition) is 5. The molecule has 2 fully saturated rings. The maximum atomic E-state index is 13.4. The van der Waals surface area contributed by atoms with Gasteiger partial charge in [-0.25, -0.2) is 0 Å². The highest BCUT2D eigenvalue weighted by atomic mass is 19.4. The summed E-state index contributed by atoms with van der Waals surface area (Å²) in [7, 11) is 2.09. The molecule has 4 rings (SSSR count). The first-order valence-corrected chi connectivity index (χ1v) is 11.2. The second-order valence-corrected chi connectivity index (χ2v) is 9.37. The molecule has 3 atom stereocenters. The van der Waals surface area contributed by atoms with E-state index in [1.165, 1.54) is 18.5 Å². The molecule has 0 radical (unpaired) electrons. The van der Waals surface area contributed by atoms with Crippen LogP contribution in [-0.4, -0.2) is 60.0 Å². The van der Waals surface area contributed by atoms with Gasteiger partial charge in [0.2, 0.25) is 5.91 Å². The maximum Gasteiger partial charge on any atom is 0.418 e. The van der Waals surface area contributed by atoms with Crippen molar-refractivity contribution in [1.82, 2.24) is 20.2 Å². The zero-order valence-electron chi connectivity index (χ0n) is 18.5. The Hall–Kier alpha value is -2.42. The van der Waals surface area contributed by atoms with Crippen LogP contribution in [0.1, 0.15) is 38.2 Å². The lowest BCUT2D eigenvalue weighted by molar-refractivity contribution is -0.136. The number of fused-ring (bicyclic) bond motifs is 1. The molecule has 2 aliphatic rings. The average Bonchev–Trinajstić information content (AvgIpc) is 2.71. The summed E-state index contributed by atoms with van der Waals surface area (Å²) < 4.78 is 40.3. The van der Waals surface area contributed by atoms with E-state index in [0.717, 1.165) is 38.4 Å². The second kappa shape index (κ2) is 9.21. The quantitative estimate of drug-likeness (QED) is 0.771. The number of carbonyl (C=O) groups excluding carboxylic acids is 1. The summed E-state index contributed by atoms with van der Waals surface area (Å²) in [5.41, 5.74) is -0.0537. The number of aromatic nitrogens is 2. The van der Waals surface area contributed by atoms with Crippen LogP contribution in [0.4, 0.5) is 18.9 Å². The molecule has 9 heteroatoms. The van der Waals surface area contributed by atoms with Gasteiger partial charge in [0, 0.05) is 44.5 Å². The molecule has 1 aromatic carbocycles. The van der Waals surface area contributed by atoms with Crippen LogP contribution in [-0.2, 0) is 11.0 Å². The number of piperidine rings is 2. The minimum absolute atomic E-state index is 0.0541. The first kappa shape index (κ1) is 22.8. The first-order chi connectivity index (χ1) is 15.2. The number of nitrogens with one attached hydrogen (secondary N) is 1. The van der Waals surface area contributed by atoms with Crippen LogP contribution in [0.3, 0.4) is 0 Å². The van der Waals surface area contributed by atoms with Gasteiger partial charge < -0.3 is 15.1 Å². The molecule has 32 heavy (non-hydrogen) atoms. The van der Waals surface area contributed by atoms with E-state index >= 15 is 0 Å². The molecular weight excluding hydrogens is 419 g/mol. The van der Waals surface area contributed by atoms with E-state index in [1.54, 1.807) is 0 Å². The van der Waals surface area contributed by atoms with E-state index in [4.69, 9.17) is 0 Å². The molecule has 2 aromatic rings. The molecule has 1 aromatic heterocycles. The van der Waals surface area contributed by atoms with Crippen LogP contribution in [0.5, 0.6) is 0 Å². The van der Waals surface area contributed by atoms with E-state index in [1.807, 2.05) is 4.90 Å². The molecule has 174 valence electrons. The third-order valence-corrected chi connectivity index (χ3v) is 6.47. The Morgan fingerprint density at radius 3 is 2.62 bits per heavy atom. The Morgan fingerprint density at radius 1 is 1.16 bits per heavy atom. The second-order valence-electron chi connectivity index (χ2n) is 9.37. The third-order valence-electron chi connectivity index (χ3n) is 6.47. The summed E-state index contributed by atoms with van der Waals surface area (Å²) in [5.74, 6) is 0.713. The monoisotopic (exact) mass is 449 g/mol. The fourth-order valence-corrected chi connectivity index (χ4v) is 5.17. The normalized spacial score (nSPS) is 25.2. The van der Waals surface area contributed by atoms with Gasteiger partial charge in [-0.1, -0.05) is 6.92 Å². The number of hydrogen-bond donors (Lipinski definition) is 1. The highest BCUT2D eigenvalue weighted by Gasteiger charge is 2.35. The zero-order chi connectivity index (χ0) is 22.9. The van der Waals surface area contributed by atoms with Crippen molar-refractivity contribution >= 4 is 22.6 Å². The standard InChI is InChI=1S/C23H30F3N5O/c1-15-10-17(29-20(32)11-16-4-3-9-30(2)13-16)14-31(12-15)19-6-5-18(23(24,25)26)21-22(19)28-8-7-27-21/h5-8,15-17H,3-4,9-14H2,1-2H3,(H,29,32)/t15-,16?,17-/m1/s1. The van der Waals surface area contributed by atoms with Gasteiger partial charge in [0.05, 0.1) is 11.3 Å². The van der Waals surface area contributed by atoms with Crippen LogP contribution < -0.4 is 10.2 Å². The Kier molecular flexibility index (Phi) is 6.55. The van der Waals surface area contributed by atoms with E-state index in [-0.39, 0.29) is 28.9 Å². The molecule has 2 saturated heterocycles. The lowest BCUT2D eigenvalue weighted by Crippen LogP contribution is -2.51. The molecule has 0 bridgehead atoms. The summed E-state index contributed by atoms with van der Waals surface area (Å²) in [4.78, 5) is 25.2. The third kappa shape index (κ3) is 5.14. The van der Waals surface area contributed by atoms with Crippen LogP contribution >= 0.6 is 0 Å². The Bertz CT molecular complexity index is 966. The van der Waals surface area contributed by atoms with Crippen LogP contribution in [0, 0.1) is 11.8 Å². The van der Waals surface area contributed by atoms with Gasteiger partial charge >= 0.3 is 6.18 Å². The molecule has 2 aliphatic heterocycles. The lowest BCUT2D eigenvalue weighted by atomic mass is 9.93. The lowest BCUT2D eigenvalue weighted by Gasteiger charge is -2.39. The molecule has 0 aliphatic carbocycles. The van der Waals surface area contributed by atoms with Gasteiger partial charge in [-0.2, -0.15) is 13.2 Å². The SMILES string of the molecule is C[C@@H]1C[C@@H](NC(=O)CC2CCCN(C)C2)CN(c2ccc(C(F)(F)F)c3nccnc23)C1. The molecule has 0 saturated carbocycles. The van der Waals surface area contributed by atoms with Crippen molar-refractivity contribution in [2.75, 3.05) is 38.1 Å². The van der Waals surface area contributed by atoms with Gasteiger partial charge in [0.25, 0.3) is 0 Å². The number of carbonyl (C=O) groups is 1. The van der Waals surface area contributed by atoms with Gasteiger partial charge in [-0.15, -0.1) is 0 Å². The Labute approximate surface area is 186 Å². The molecule has 3 heterocycles. The van der Waals surface area contributed by atoms with Crippen LogP contribution in [0.2, 0.25) is 0 Å². The topological polar surface area (TPSA) is 61.4 Å². The maximum absolute atomic E-state index is 13.4. The van der Waals surface area contributed by atoms with Crippen molar-refractivity contribution in [2.45, 2.75) is 44.8 Å². The number of nitrogens with zero attached hydrogens (tertiary/aromatic N) is 4. The summed E-state index contributed by atoms with van der Waals surface area (Å²) in [6, 6.07) is 2.51. The Balaban J connectivity index is 1.50. The minimum Gasteiger partial charge on any atom is -0.367 e. The van der Waals surface area contributed by atoms with E-state index in [9.17, 15) is 18.0 Å². The van der Waals surface area contributed by atoms with Crippen LogP contribution in [0.25, 0.3) is 11.0 Å². The largest absolute Gasteiger partial charge is 0.418 e. The number of anilines is 1. The number of halogens is 3. The predicted molar refractivity (Wildman–Crippen MR) is 117 cm³/mol. The predicted octanol–water partition coefficient (Wildman–Crippen LogP) is 3.71. The fourth-order valence-electron chi connectivity index (χ4n) is 5.17. The van der Waals surface area contributed by atoms with Gasteiger partial charge in [0.1, 0.15) is 11.0 Å². The van der Waals surface area contributed by atoms with Crippen LogP contribution in [0.15, 0.2) is 24.5 Å². The van der Waals surface area contributed by atoms with Gasteiger partial charge in [0.15, 0.2) is 0 Å². The van der Waals surface area contributed by atoms with Crippen molar-refractivity contribution in [3.05, 3.63) is 30.1 Å². The highest BCUT2D eigenvalue weighted by molar-refractivity contribution is 5.91. The number of alkyl halides is 3. The highest BCUT2D eigenvalue weighted by Crippen LogP contribution is 2.37.